The normalized spacial score (nSPS) is 40.9. The van der Waals surface area contributed by atoms with Crippen LogP contribution in [-0.2, 0) is 10.2 Å². The average molecular weight is 247 g/mol. The maximum absolute atomic E-state index is 12.0. The molecule has 1 heterocycles. The Morgan fingerprint density at radius 2 is 1.69 bits per heavy atom. The molecule has 94 valence electrons. The molecule has 4 unspecified atom stereocenters. The molecule has 1 aliphatic carbocycles. The first kappa shape index (κ1) is 12.3. The van der Waals surface area contributed by atoms with E-state index in [2.05, 4.69) is 18.6 Å². The molecule has 0 aromatic rings. The van der Waals surface area contributed by atoms with E-state index in [1.54, 1.807) is 4.31 Å². The highest BCUT2D eigenvalue weighted by atomic mass is 32.2. The van der Waals surface area contributed by atoms with Gasteiger partial charge < -0.3 is 5.73 Å². The molecule has 3 N–H and O–H groups in total. The third kappa shape index (κ3) is 2.74. The van der Waals surface area contributed by atoms with Crippen LogP contribution in [0, 0.1) is 11.8 Å². The predicted octanol–water partition coefficient (Wildman–Crippen LogP) is -0.102. The number of rotatable bonds is 3. The lowest BCUT2D eigenvalue weighted by atomic mass is 9.94. The van der Waals surface area contributed by atoms with Crippen molar-refractivity contribution in [1.29, 1.82) is 0 Å². The molecule has 2 fully saturated rings. The number of nitrogens with two attached hydrogens (primary N) is 1. The van der Waals surface area contributed by atoms with Gasteiger partial charge in [-0.15, -0.1) is 0 Å². The molecular formula is C10H21N3O2S. The van der Waals surface area contributed by atoms with E-state index >= 15 is 0 Å². The summed E-state index contributed by atoms with van der Waals surface area (Å²) in [5, 5.41) is 0. The molecule has 5 nitrogen and oxygen atoms in total. The molecule has 0 spiro atoms. The summed E-state index contributed by atoms with van der Waals surface area (Å²) in [7, 11) is -3.32. The Kier molecular flexibility index (Phi) is 3.27. The summed E-state index contributed by atoms with van der Waals surface area (Å²) in [5.41, 5.74) is 5.61. The first-order valence-electron chi connectivity index (χ1n) is 5.91. The summed E-state index contributed by atoms with van der Waals surface area (Å²) >= 11 is 0. The third-order valence-electron chi connectivity index (χ3n) is 3.32. The molecule has 0 amide bonds. The molecular weight excluding hydrogens is 226 g/mol. The largest absolute Gasteiger partial charge is 0.326 e. The summed E-state index contributed by atoms with van der Waals surface area (Å²) in [4.78, 5) is 0. The van der Waals surface area contributed by atoms with Crippen LogP contribution in [0.1, 0.15) is 26.7 Å². The van der Waals surface area contributed by atoms with E-state index < -0.39 is 10.2 Å². The number of nitrogens with one attached hydrogen (secondary N) is 1. The molecule has 0 radical (unpaired) electrons. The van der Waals surface area contributed by atoms with Gasteiger partial charge in [0.2, 0.25) is 0 Å². The highest BCUT2D eigenvalue weighted by Gasteiger charge is 2.40. The van der Waals surface area contributed by atoms with Crippen molar-refractivity contribution in [2.75, 3.05) is 13.1 Å². The molecule has 0 aromatic heterocycles. The molecule has 0 aromatic carbocycles. The molecule has 1 saturated heterocycles. The number of hydrogen-bond donors (Lipinski definition) is 2. The Balaban J connectivity index is 1.99. The molecule has 1 aliphatic heterocycles. The van der Waals surface area contributed by atoms with Crippen molar-refractivity contribution >= 4 is 10.2 Å². The van der Waals surface area contributed by atoms with Gasteiger partial charge in [0.15, 0.2) is 0 Å². The van der Waals surface area contributed by atoms with E-state index in [-0.39, 0.29) is 12.1 Å². The van der Waals surface area contributed by atoms with Crippen molar-refractivity contribution in [3.8, 4) is 0 Å². The summed E-state index contributed by atoms with van der Waals surface area (Å²) in [5.74, 6) is 0.876. The lowest BCUT2D eigenvalue weighted by molar-refractivity contribution is 0.220. The van der Waals surface area contributed by atoms with Gasteiger partial charge >= 0.3 is 0 Å². The topological polar surface area (TPSA) is 75.4 Å². The Hall–Kier alpha value is -0.170. The highest BCUT2D eigenvalue weighted by Crippen LogP contribution is 2.25. The van der Waals surface area contributed by atoms with Gasteiger partial charge in [0.25, 0.3) is 10.2 Å². The lowest BCUT2D eigenvalue weighted by Gasteiger charge is -2.34. The van der Waals surface area contributed by atoms with E-state index in [9.17, 15) is 8.42 Å². The zero-order chi connectivity index (χ0) is 11.9. The lowest BCUT2D eigenvalue weighted by Crippen LogP contribution is -2.49. The van der Waals surface area contributed by atoms with Gasteiger partial charge in [0.1, 0.15) is 0 Å². The fraction of sp³-hybridized carbons (Fsp3) is 1.00. The Bertz CT molecular complexity index is 347. The Labute approximate surface area is 97.6 Å². The molecule has 4 atom stereocenters. The molecule has 0 bridgehead atoms. The van der Waals surface area contributed by atoms with E-state index in [0.717, 1.165) is 12.8 Å². The molecule has 2 aliphatic rings. The van der Waals surface area contributed by atoms with Crippen LogP contribution < -0.4 is 10.5 Å². The van der Waals surface area contributed by atoms with Gasteiger partial charge in [0, 0.05) is 25.2 Å². The van der Waals surface area contributed by atoms with Gasteiger partial charge in [-0.2, -0.15) is 17.4 Å². The number of hydrogen-bond acceptors (Lipinski definition) is 3. The molecule has 16 heavy (non-hydrogen) atoms. The van der Waals surface area contributed by atoms with Crippen LogP contribution in [0.4, 0.5) is 0 Å². The van der Waals surface area contributed by atoms with Gasteiger partial charge in [-0.25, -0.2) is 0 Å². The van der Waals surface area contributed by atoms with Crippen molar-refractivity contribution in [1.82, 2.24) is 9.03 Å². The van der Waals surface area contributed by atoms with Crippen LogP contribution >= 0.6 is 0 Å². The van der Waals surface area contributed by atoms with Crippen LogP contribution in [0.15, 0.2) is 0 Å². The van der Waals surface area contributed by atoms with E-state index in [1.807, 2.05) is 0 Å². The van der Waals surface area contributed by atoms with Crippen LogP contribution in [0.2, 0.25) is 0 Å². The van der Waals surface area contributed by atoms with Crippen molar-refractivity contribution in [2.24, 2.45) is 17.6 Å². The van der Waals surface area contributed by atoms with Crippen molar-refractivity contribution in [3.63, 3.8) is 0 Å². The first-order chi connectivity index (χ1) is 7.38. The SMILES string of the molecule is CC1CC(C)CN(S(=O)(=O)NC2CC2N)C1. The Morgan fingerprint density at radius 1 is 1.19 bits per heavy atom. The van der Waals surface area contributed by atoms with Crippen LogP contribution in [0.25, 0.3) is 0 Å². The first-order valence-corrected chi connectivity index (χ1v) is 7.35. The fourth-order valence-electron chi connectivity index (χ4n) is 2.42. The average Bonchev–Trinajstić information content (AvgIpc) is 2.78. The number of piperidine rings is 1. The summed E-state index contributed by atoms with van der Waals surface area (Å²) in [6.07, 6.45) is 1.87. The molecule has 1 saturated carbocycles. The Morgan fingerprint density at radius 3 is 2.12 bits per heavy atom. The number of nitrogens with zero attached hydrogens (tertiary/aromatic N) is 1. The fourth-order valence-corrected chi connectivity index (χ4v) is 4.12. The molecule has 6 heteroatoms. The second kappa shape index (κ2) is 4.25. The second-order valence-electron chi connectivity index (χ2n) is 5.39. The van der Waals surface area contributed by atoms with Crippen LogP contribution in [-0.4, -0.2) is 37.9 Å². The smallest absolute Gasteiger partial charge is 0.279 e. The highest BCUT2D eigenvalue weighted by molar-refractivity contribution is 7.87. The van der Waals surface area contributed by atoms with Gasteiger partial charge in [-0.3, -0.25) is 0 Å². The minimum atomic E-state index is -3.32. The maximum atomic E-state index is 12.0. The summed E-state index contributed by atoms with van der Waals surface area (Å²) in [6.45, 7) is 5.45. The summed E-state index contributed by atoms with van der Waals surface area (Å²) in [6, 6.07) is -0.0352. The summed E-state index contributed by atoms with van der Waals surface area (Å²) < 4.78 is 28.3. The maximum Gasteiger partial charge on any atom is 0.279 e. The zero-order valence-corrected chi connectivity index (χ0v) is 10.7. The van der Waals surface area contributed by atoms with Crippen LogP contribution in [0.3, 0.4) is 0 Å². The van der Waals surface area contributed by atoms with E-state index in [0.29, 0.717) is 24.9 Å². The predicted molar refractivity (Wildman–Crippen MR) is 63.0 cm³/mol. The van der Waals surface area contributed by atoms with E-state index in [4.69, 9.17) is 5.73 Å². The van der Waals surface area contributed by atoms with Gasteiger partial charge in [0.05, 0.1) is 0 Å². The van der Waals surface area contributed by atoms with Crippen molar-refractivity contribution < 1.29 is 8.42 Å². The van der Waals surface area contributed by atoms with Gasteiger partial charge in [-0.1, -0.05) is 13.8 Å². The second-order valence-corrected chi connectivity index (χ2v) is 7.09. The minimum Gasteiger partial charge on any atom is -0.326 e. The minimum absolute atomic E-state index is 0.00872. The quantitative estimate of drug-likeness (QED) is 0.731. The van der Waals surface area contributed by atoms with E-state index in [1.165, 1.54) is 0 Å². The zero-order valence-electron chi connectivity index (χ0n) is 9.89. The van der Waals surface area contributed by atoms with Crippen LogP contribution in [0.5, 0.6) is 0 Å². The van der Waals surface area contributed by atoms with Crippen molar-refractivity contribution in [2.45, 2.75) is 38.8 Å². The molecule has 2 rings (SSSR count). The van der Waals surface area contributed by atoms with Crippen molar-refractivity contribution in [3.05, 3.63) is 0 Å². The van der Waals surface area contributed by atoms with Gasteiger partial charge in [-0.05, 0) is 24.7 Å². The standard InChI is InChI=1S/C10H21N3O2S/c1-7-3-8(2)6-13(5-7)16(14,15)12-10-4-9(10)11/h7-10,12H,3-6,11H2,1-2H3. The third-order valence-corrected chi connectivity index (χ3v) is 4.89. The monoisotopic (exact) mass is 247 g/mol.